The van der Waals surface area contributed by atoms with Crippen LogP contribution in [0.1, 0.15) is 22.6 Å². The van der Waals surface area contributed by atoms with Crippen LogP contribution in [0.5, 0.6) is 0 Å². The number of hydrogen-bond donors (Lipinski definition) is 0. The van der Waals surface area contributed by atoms with Gasteiger partial charge in [-0.3, -0.25) is 4.90 Å². The Hall–Kier alpha value is -2.42. The molecule has 2 aliphatic rings. The van der Waals surface area contributed by atoms with Crippen molar-refractivity contribution >= 4 is 0 Å². The number of likely N-dealkylation sites (tertiary alicyclic amines) is 2. The third-order valence-corrected chi connectivity index (χ3v) is 6.73. The highest BCUT2D eigenvalue weighted by Gasteiger charge is 2.40. The van der Waals surface area contributed by atoms with Crippen molar-refractivity contribution in [1.82, 2.24) is 9.80 Å². The van der Waals surface area contributed by atoms with Gasteiger partial charge in [0.1, 0.15) is 0 Å². The van der Waals surface area contributed by atoms with Crippen molar-refractivity contribution in [3.8, 4) is 0 Å². The predicted octanol–water partition coefficient (Wildman–Crippen LogP) is 4.88. The first-order valence-corrected chi connectivity index (χ1v) is 10.9. The molecule has 0 amide bonds. The van der Waals surface area contributed by atoms with Crippen molar-refractivity contribution in [2.75, 3.05) is 32.7 Å². The molecule has 2 aliphatic heterocycles. The fourth-order valence-corrected chi connectivity index (χ4v) is 5.34. The van der Waals surface area contributed by atoms with E-state index in [0.29, 0.717) is 5.92 Å². The minimum absolute atomic E-state index is 0.455. The summed E-state index contributed by atoms with van der Waals surface area (Å²) in [6, 6.07) is 33.0. The van der Waals surface area contributed by atoms with Crippen LogP contribution in [0.15, 0.2) is 91.0 Å². The molecule has 5 rings (SSSR count). The van der Waals surface area contributed by atoms with E-state index in [1.807, 2.05) is 0 Å². The third-order valence-electron chi connectivity index (χ3n) is 6.73. The molecule has 2 heterocycles. The van der Waals surface area contributed by atoms with Gasteiger partial charge in [-0.2, -0.15) is 0 Å². The second-order valence-electron chi connectivity index (χ2n) is 8.79. The molecule has 3 aromatic carbocycles. The van der Waals surface area contributed by atoms with Crippen LogP contribution in [-0.2, 0) is 6.54 Å². The maximum Gasteiger partial charge on any atom is 0.0233 e. The van der Waals surface area contributed by atoms with Crippen molar-refractivity contribution in [2.45, 2.75) is 12.5 Å². The molecule has 2 fully saturated rings. The van der Waals surface area contributed by atoms with E-state index in [9.17, 15) is 0 Å². The maximum absolute atomic E-state index is 2.72. The van der Waals surface area contributed by atoms with Gasteiger partial charge in [-0.15, -0.1) is 0 Å². The average Bonchev–Trinajstić information content (AvgIpc) is 3.32. The molecule has 0 unspecified atom stereocenters. The van der Waals surface area contributed by atoms with Crippen LogP contribution in [0, 0.1) is 11.8 Å². The number of nitrogens with zero attached hydrogens (tertiary/aromatic N) is 2. The van der Waals surface area contributed by atoms with Crippen LogP contribution in [0.4, 0.5) is 0 Å². The van der Waals surface area contributed by atoms with E-state index in [4.69, 9.17) is 0 Å². The largest absolute Gasteiger partial charge is 0.302 e. The first kappa shape index (κ1) is 18.6. The molecule has 0 aromatic heterocycles. The highest BCUT2D eigenvalue weighted by molar-refractivity contribution is 5.33. The Bertz CT molecular complexity index is 840. The lowest BCUT2D eigenvalue weighted by atomic mass is 9.91. The van der Waals surface area contributed by atoms with Gasteiger partial charge in [0.05, 0.1) is 0 Å². The fraction of sp³-hybridized carbons (Fsp3) is 0.333. The van der Waals surface area contributed by atoms with Gasteiger partial charge in [0.25, 0.3) is 0 Å². The predicted molar refractivity (Wildman–Crippen MR) is 120 cm³/mol. The first-order chi connectivity index (χ1) is 14.3. The second-order valence-corrected chi connectivity index (χ2v) is 8.79. The Kier molecular flexibility index (Phi) is 5.47. The molecule has 0 aliphatic carbocycles. The molecule has 0 radical (unpaired) electrons. The molecule has 2 atom stereocenters. The summed E-state index contributed by atoms with van der Waals surface area (Å²) in [5, 5.41) is 0. The van der Waals surface area contributed by atoms with E-state index in [-0.39, 0.29) is 0 Å². The van der Waals surface area contributed by atoms with Gasteiger partial charge in [-0.1, -0.05) is 91.0 Å². The Labute approximate surface area is 174 Å². The van der Waals surface area contributed by atoms with E-state index >= 15 is 0 Å². The molecular weight excluding hydrogens is 352 g/mol. The Morgan fingerprint density at radius 2 is 1.03 bits per heavy atom. The van der Waals surface area contributed by atoms with Crippen LogP contribution >= 0.6 is 0 Å². The second kappa shape index (κ2) is 8.52. The van der Waals surface area contributed by atoms with Crippen LogP contribution in [0.25, 0.3) is 0 Å². The number of benzene rings is 3. The Morgan fingerprint density at radius 1 is 0.586 bits per heavy atom. The summed E-state index contributed by atoms with van der Waals surface area (Å²) in [5.41, 5.74) is 4.31. The standard InChI is InChI=1S/C27H30N2/c1-4-10-22(11-5-1)16-28-17-25-19-29(20-26(25)18-28)21-27(23-12-6-2-7-13-23)24-14-8-3-9-15-24/h1-15,25-27H,16-21H2/t25-,26-/m1/s1. The molecular formula is C27H30N2. The van der Waals surface area contributed by atoms with E-state index < -0.39 is 0 Å². The van der Waals surface area contributed by atoms with E-state index in [2.05, 4.69) is 101 Å². The molecule has 148 valence electrons. The zero-order chi connectivity index (χ0) is 19.5. The fourth-order valence-electron chi connectivity index (χ4n) is 5.34. The van der Waals surface area contributed by atoms with Crippen LogP contribution in [-0.4, -0.2) is 42.5 Å². The highest BCUT2D eigenvalue weighted by Crippen LogP contribution is 2.34. The summed E-state index contributed by atoms with van der Waals surface area (Å²) in [6.45, 7) is 7.21. The lowest BCUT2D eigenvalue weighted by Crippen LogP contribution is -2.31. The highest BCUT2D eigenvalue weighted by atomic mass is 15.2. The molecule has 2 heteroatoms. The summed E-state index contributed by atoms with van der Waals surface area (Å²) in [4.78, 5) is 5.38. The summed E-state index contributed by atoms with van der Waals surface area (Å²) in [5.74, 6) is 2.11. The van der Waals surface area contributed by atoms with Crippen LogP contribution in [0.3, 0.4) is 0 Å². The van der Waals surface area contributed by atoms with Gasteiger partial charge in [-0.25, -0.2) is 0 Å². The van der Waals surface area contributed by atoms with E-state index in [1.54, 1.807) is 0 Å². The van der Waals surface area contributed by atoms with Crippen LogP contribution in [0.2, 0.25) is 0 Å². The average molecular weight is 383 g/mol. The van der Waals surface area contributed by atoms with Crippen LogP contribution < -0.4 is 0 Å². The zero-order valence-corrected chi connectivity index (χ0v) is 17.0. The summed E-state index contributed by atoms with van der Waals surface area (Å²) in [7, 11) is 0. The lowest BCUT2D eigenvalue weighted by molar-refractivity contribution is 0.247. The monoisotopic (exact) mass is 382 g/mol. The Morgan fingerprint density at radius 3 is 1.55 bits per heavy atom. The normalized spacial score (nSPS) is 22.2. The third kappa shape index (κ3) is 4.29. The van der Waals surface area contributed by atoms with Crippen molar-refractivity contribution in [1.29, 1.82) is 0 Å². The van der Waals surface area contributed by atoms with Crippen molar-refractivity contribution in [3.05, 3.63) is 108 Å². The smallest absolute Gasteiger partial charge is 0.0233 e. The van der Waals surface area contributed by atoms with Gasteiger partial charge < -0.3 is 4.90 Å². The molecule has 2 nitrogen and oxygen atoms in total. The quantitative estimate of drug-likeness (QED) is 0.599. The summed E-state index contributed by atoms with van der Waals surface area (Å²) >= 11 is 0. The molecule has 29 heavy (non-hydrogen) atoms. The molecule has 0 saturated carbocycles. The Balaban J connectivity index is 1.24. The lowest BCUT2D eigenvalue weighted by Gasteiger charge is -2.26. The van der Waals surface area contributed by atoms with Gasteiger partial charge in [0.2, 0.25) is 0 Å². The number of hydrogen-bond acceptors (Lipinski definition) is 2. The number of fused-ring (bicyclic) bond motifs is 1. The molecule has 0 N–H and O–H groups in total. The SMILES string of the molecule is c1ccc(CN2C[C@@H]3CN(CC(c4ccccc4)c4ccccc4)C[C@H]3C2)cc1. The molecule has 3 aromatic rings. The van der Waals surface area contributed by atoms with Gasteiger partial charge in [0, 0.05) is 45.2 Å². The topological polar surface area (TPSA) is 6.48 Å². The zero-order valence-electron chi connectivity index (χ0n) is 17.0. The van der Waals surface area contributed by atoms with E-state index in [1.165, 1.54) is 42.9 Å². The molecule has 0 spiro atoms. The minimum atomic E-state index is 0.455. The van der Waals surface area contributed by atoms with Gasteiger partial charge in [0.15, 0.2) is 0 Å². The van der Waals surface area contributed by atoms with Crippen molar-refractivity contribution in [2.24, 2.45) is 11.8 Å². The maximum atomic E-state index is 2.72. The van der Waals surface area contributed by atoms with Gasteiger partial charge in [-0.05, 0) is 28.5 Å². The summed E-state index contributed by atoms with van der Waals surface area (Å²) < 4.78 is 0. The van der Waals surface area contributed by atoms with Crippen molar-refractivity contribution < 1.29 is 0 Å². The van der Waals surface area contributed by atoms with Gasteiger partial charge >= 0.3 is 0 Å². The minimum Gasteiger partial charge on any atom is -0.302 e. The van der Waals surface area contributed by atoms with Crippen molar-refractivity contribution in [3.63, 3.8) is 0 Å². The molecule has 0 bridgehead atoms. The summed E-state index contributed by atoms with van der Waals surface area (Å²) in [6.07, 6.45) is 0. The van der Waals surface area contributed by atoms with E-state index in [0.717, 1.165) is 24.9 Å². The molecule has 2 saturated heterocycles. The number of rotatable bonds is 6. The first-order valence-electron chi connectivity index (χ1n) is 10.9.